The predicted octanol–water partition coefficient (Wildman–Crippen LogP) is 2.52. The smallest absolute Gasteiger partial charge is 0.340 e. The Balaban J connectivity index is 1.96. The van der Waals surface area contributed by atoms with Crippen LogP contribution in [-0.2, 0) is 16.0 Å². The Morgan fingerprint density at radius 2 is 2.14 bits per heavy atom. The van der Waals surface area contributed by atoms with Crippen LogP contribution < -0.4 is 5.32 Å². The number of rotatable bonds is 5. The van der Waals surface area contributed by atoms with Crippen molar-refractivity contribution in [3.8, 4) is 0 Å². The lowest BCUT2D eigenvalue weighted by molar-refractivity contribution is -0.0979. The third-order valence-corrected chi connectivity index (χ3v) is 4.45. The zero-order valence-corrected chi connectivity index (χ0v) is 12.9. The van der Waals surface area contributed by atoms with Crippen molar-refractivity contribution in [3.63, 3.8) is 0 Å². The Kier molecular flexibility index (Phi) is 4.64. The molecular weight excluding hydrogens is 273 g/mol. The minimum Gasteiger partial charge on any atom is -0.465 e. The average molecular weight is 295 g/mol. The molecule has 2 rings (SSSR count). The molecule has 2 atom stereocenters. The van der Waals surface area contributed by atoms with E-state index in [0.29, 0.717) is 12.6 Å². The third-order valence-electron chi connectivity index (χ3n) is 4.45. The van der Waals surface area contributed by atoms with E-state index in [-0.39, 0.29) is 17.1 Å². The Labute approximate surface area is 124 Å². The summed E-state index contributed by atoms with van der Waals surface area (Å²) in [5.41, 5.74) is 0.834. The highest BCUT2D eigenvalue weighted by Gasteiger charge is 2.48. The van der Waals surface area contributed by atoms with E-state index in [4.69, 9.17) is 4.74 Å². The second-order valence-electron chi connectivity index (χ2n) is 6.02. The first-order valence-corrected chi connectivity index (χ1v) is 7.03. The summed E-state index contributed by atoms with van der Waals surface area (Å²) in [6.45, 7) is 4.87. The second-order valence-corrected chi connectivity index (χ2v) is 6.02. The third kappa shape index (κ3) is 3.09. The zero-order valence-electron chi connectivity index (χ0n) is 12.9. The fourth-order valence-corrected chi connectivity index (χ4v) is 2.82. The van der Waals surface area contributed by atoms with Gasteiger partial charge in [-0.25, -0.2) is 9.18 Å². The van der Waals surface area contributed by atoms with Crippen molar-refractivity contribution in [1.82, 2.24) is 5.32 Å². The van der Waals surface area contributed by atoms with E-state index in [1.54, 1.807) is 13.2 Å². The molecule has 0 amide bonds. The Bertz CT molecular complexity index is 530. The van der Waals surface area contributed by atoms with Crippen LogP contribution in [0.15, 0.2) is 18.2 Å². The number of hydrogen-bond acceptors (Lipinski definition) is 4. The standard InChI is InChI=1S/C16H22FNO3/c1-16(2)13(8-14(16)20-3)18-9-10-5-6-11(12(17)7-10)15(19)21-4/h5-7,13-14,18H,8-9H2,1-4H3. The highest BCUT2D eigenvalue weighted by molar-refractivity contribution is 5.89. The van der Waals surface area contributed by atoms with Gasteiger partial charge in [0.05, 0.1) is 18.8 Å². The minimum atomic E-state index is -0.657. The fraction of sp³-hybridized carbons (Fsp3) is 0.562. The van der Waals surface area contributed by atoms with Crippen LogP contribution >= 0.6 is 0 Å². The first kappa shape index (κ1) is 15.9. The zero-order chi connectivity index (χ0) is 15.6. The van der Waals surface area contributed by atoms with Gasteiger partial charge in [0, 0.05) is 25.1 Å². The van der Waals surface area contributed by atoms with Gasteiger partial charge in [-0.15, -0.1) is 0 Å². The van der Waals surface area contributed by atoms with Gasteiger partial charge in [0.15, 0.2) is 0 Å². The molecule has 1 aliphatic rings. The van der Waals surface area contributed by atoms with Gasteiger partial charge in [0.25, 0.3) is 0 Å². The predicted molar refractivity (Wildman–Crippen MR) is 77.6 cm³/mol. The largest absolute Gasteiger partial charge is 0.465 e. The van der Waals surface area contributed by atoms with Crippen LogP contribution in [0.25, 0.3) is 0 Å². The lowest BCUT2D eigenvalue weighted by Gasteiger charge is -2.51. The van der Waals surface area contributed by atoms with Crippen molar-refractivity contribution < 1.29 is 18.7 Å². The van der Waals surface area contributed by atoms with Crippen molar-refractivity contribution in [3.05, 3.63) is 35.1 Å². The van der Waals surface area contributed by atoms with Crippen LogP contribution in [0.1, 0.15) is 36.2 Å². The molecule has 0 heterocycles. The SMILES string of the molecule is COC(=O)c1ccc(CNC2CC(OC)C2(C)C)cc1F. The molecule has 1 N–H and O–H groups in total. The molecule has 116 valence electrons. The van der Waals surface area contributed by atoms with Crippen LogP contribution in [-0.4, -0.2) is 32.3 Å². The van der Waals surface area contributed by atoms with E-state index in [9.17, 15) is 9.18 Å². The first-order valence-electron chi connectivity index (χ1n) is 7.03. The van der Waals surface area contributed by atoms with Gasteiger partial charge in [0.1, 0.15) is 5.82 Å². The molecule has 21 heavy (non-hydrogen) atoms. The highest BCUT2D eigenvalue weighted by Crippen LogP contribution is 2.42. The summed E-state index contributed by atoms with van der Waals surface area (Å²) in [6, 6.07) is 4.91. The van der Waals surface area contributed by atoms with Crippen molar-refractivity contribution >= 4 is 5.97 Å². The summed E-state index contributed by atoms with van der Waals surface area (Å²) in [6.07, 6.45) is 1.21. The summed E-state index contributed by atoms with van der Waals surface area (Å²) >= 11 is 0. The molecule has 1 aliphatic carbocycles. The van der Waals surface area contributed by atoms with Crippen molar-refractivity contribution in [2.24, 2.45) is 5.41 Å². The molecule has 0 bridgehead atoms. The Morgan fingerprint density at radius 3 is 2.67 bits per heavy atom. The minimum absolute atomic E-state index is 0.0373. The molecule has 0 radical (unpaired) electrons. The van der Waals surface area contributed by atoms with Gasteiger partial charge >= 0.3 is 5.97 Å². The van der Waals surface area contributed by atoms with E-state index >= 15 is 0 Å². The summed E-state index contributed by atoms with van der Waals surface area (Å²) < 4.78 is 23.8. The van der Waals surface area contributed by atoms with Crippen LogP contribution in [0.5, 0.6) is 0 Å². The maximum Gasteiger partial charge on any atom is 0.340 e. The molecule has 1 saturated carbocycles. The topological polar surface area (TPSA) is 47.6 Å². The van der Waals surface area contributed by atoms with E-state index in [1.807, 2.05) is 0 Å². The number of carbonyl (C=O) groups is 1. The van der Waals surface area contributed by atoms with Crippen LogP contribution in [0.3, 0.4) is 0 Å². The van der Waals surface area contributed by atoms with Crippen LogP contribution in [0.2, 0.25) is 0 Å². The van der Waals surface area contributed by atoms with Crippen molar-refractivity contribution in [2.75, 3.05) is 14.2 Å². The molecule has 0 aliphatic heterocycles. The van der Waals surface area contributed by atoms with Crippen molar-refractivity contribution in [1.29, 1.82) is 0 Å². The first-order chi connectivity index (χ1) is 9.90. The average Bonchev–Trinajstić information content (AvgIpc) is 2.45. The van der Waals surface area contributed by atoms with Gasteiger partial charge in [0.2, 0.25) is 0 Å². The van der Waals surface area contributed by atoms with Gasteiger partial charge in [-0.1, -0.05) is 19.9 Å². The monoisotopic (exact) mass is 295 g/mol. The number of hydrogen-bond donors (Lipinski definition) is 1. The van der Waals surface area contributed by atoms with Gasteiger partial charge in [-0.05, 0) is 24.1 Å². The molecule has 1 aromatic rings. The van der Waals surface area contributed by atoms with Crippen LogP contribution in [0.4, 0.5) is 4.39 Å². The summed E-state index contributed by atoms with van der Waals surface area (Å²) in [4.78, 5) is 11.3. The van der Waals surface area contributed by atoms with E-state index in [0.717, 1.165) is 12.0 Å². The maximum absolute atomic E-state index is 13.8. The van der Waals surface area contributed by atoms with E-state index in [2.05, 4.69) is 23.9 Å². The summed E-state index contributed by atoms with van der Waals surface area (Å²) in [5.74, 6) is -1.21. The molecule has 0 saturated heterocycles. The molecule has 1 aromatic carbocycles. The van der Waals surface area contributed by atoms with E-state index < -0.39 is 11.8 Å². The number of nitrogens with one attached hydrogen (secondary N) is 1. The molecule has 5 heteroatoms. The number of methoxy groups -OCH3 is 2. The lowest BCUT2D eigenvalue weighted by Crippen LogP contribution is -2.60. The van der Waals surface area contributed by atoms with Crippen LogP contribution in [0, 0.1) is 11.2 Å². The quantitative estimate of drug-likeness (QED) is 0.848. The molecule has 2 unspecified atom stereocenters. The second kappa shape index (κ2) is 6.12. The normalized spacial score (nSPS) is 23.5. The number of benzene rings is 1. The molecule has 4 nitrogen and oxygen atoms in total. The number of halogens is 1. The Hall–Kier alpha value is -1.46. The Morgan fingerprint density at radius 1 is 1.43 bits per heavy atom. The molecule has 0 spiro atoms. The highest BCUT2D eigenvalue weighted by atomic mass is 19.1. The number of carbonyl (C=O) groups excluding carboxylic acids is 1. The summed E-state index contributed by atoms with van der Waals surface area (Å²) in [5, 5.41) is 3.42. The molecule has 1 fully saturated rings. The fourth-order valence-electron chi connectivity index (χ4n) is 2.82. The van der Waals surface area contributed by atoms with Gasteiger partial charge in [-0.2, -0.15) is 0 Å². The van der Waals surface area contributed by atoms with Gasteiger partial charge < -0.3 is 14.8 Å². The van der Waals surface area contributed by atoms with E-state index in [1.165, 1.54) is 19.2 Å². The number of ether oxygens (including phenoxy) is 2. The molecule has 0 aromatic heterocycles. The maximum atomic E-state index is 13.8. The lowest BCUT2D eigenvalue weighted by atomic mass is 9.64. The van der Waals surface area contributed by atoms with Gasteiger partial charge in [-0.3, -0.25) is 0 Å². The van der Waals surface area contributed by atoms with Crippen molar-refractivity contribution in [2.45, 2.75) is 39.0 Å². The number of esters is 1. The molecular formula is C16H22FNO3. The summed E-state index contributed by atoms with van der Waals surface area (Å²) in [7, 11) is 2.96.